The second-order valence-corrected chi connectivity index (χ2v) is 10.5. The number of ether oxygens (including phenoxy) is 3. The van der Waals surface area contributed by atoms with Crippen LogP contribution >= 0.6 is 22.9 Å². The number of anilines is 1. The summed E-state index contributed by atoms with van der Waals surface area (Å²) in [5.74, 6) is 0.250. The number of methoxy groups -OCH3 is 1. The lowest BCUT2D eigenvalue weighted by atomic mass is 10.2. The maximum absolute atomic E-state index is 13.1. The normalized spacial score (nSPS) is 14.5. The topological polar surface area (TPSA) is 120 Å². The number of halogens is 1. The molecule has 0 unspecified atom stereocenters. The van der Waals surface area contributed by atoms with Crippen LogP contribution in [-0.4, -0.2) is 62.2 Å². The third-order valence-electron chi connectivity index (χ3n) is 4.88. The standard InChI is InChI=1S/C21H21ClN4O6S2/c1-30-17-7-2-14(12-18(17)34(28,29)26-8-10-31-11-9-26)20(27)23-21-25-24-19(33-21)13-32-16-5-3-15(22)4-6-16/h2-7,12H,8-11,13H2,1H3,(H,23,25,27). The molecule has 180 valence electrons. The Morgan fingerprint density at radius 2 is 1.91 bits per heavy atom. The van der Waals surface area contributed by atoms with Gasteiger partial charge in [-0.1, -0.05) is 22.9 Å². The smallest absolute Gasteiger partial charge is 0.257 e. The minimum Gasteiger partial charge on any atom is -0.495 e. The van der Waals surface area contributed by atoms with Crippen LogP contribution in [0.5, 0.6) is 11.5 Å². The molecule has 4 rings (SSSR count). The lowest BCUT2D eigenvalue weighted by molar-refractivity contribution is 0.0729. The van der Waals surface area contributed by atoms with Crippen molar-refractivity contribution >= 4 is 44.0 Å². The van der Waals surface area contributed by atoms with Crippen LogP contribution in [0.3, 0.4) is 0 Å². The molecule has 1 amide bonds. The van der Waals surface area contributed by atoms with Gasteiger partial charge in [0.2, 0.25) is 15.2 Å². The molecule has 34 heavy (non-hydrogen) atoms. The van der Waals surface area contributed by atoms with E-state index in [1.165, 1.54) is 29.6 Å². The van der Waals surface area contributed by atoms with E-state index in [4.69, 9.17) is 25.8 Å². The highest BCUT2D eigenvalue weighted by Crippen LogP contribution is 2.29. The Balaban J connectivity index is 1.46. The van der Waals surface area contributed by atoms with Crippen LogP contribution in [-0.2, 0) is 21.4 Å². The van der Waals surface area contributed by atoms with Crippen LogP contribution in [0.2, 0.25) is 5.02 Å². The van der Waals surface area contributed by atoms with Crippen LogP contribution < -0.4 is 14.8 Å². The Morgan fingerprint density at radius 3 is 2.62 bits per heavy atom. The van der Waals surface area contributed by atoms with Crippen molar-refractivity contribution in [2.24, 2.45) is 0 Å². The Labute approximate surface area is 205 Å². The first-order valence-corrected chi connectivity index (χ1v) is 12.8. The minimum atomic E-state index is -3.87. The summed E-state index contributed by atoms with van der Waals surface area (Å²) < 4.78 is 43.7. The average molecular weight is 525 g/mol. The molecule has 1 aliphatic rings. The van der Waals surface area contributed by atoms with Gasteiger partial charge < -0.3 is 14.2 Å². The van der Waals surface area contributed by atoms with Crippen molar-refractivity contribution in [3.63, 3.8) is 0 Å². The number of carbonyl (C=O) groups is 1. The van der Waals surface area contributed by atoms with Crippen LogP contribution in [0.4, 0.5) is 5.13 Å². The fourth-order valence-electron chi connectivity index (χ4n) is 3.15. The summed E-state index contributed by atoms with van der Waals surface area (Å²) in [7, 11) is -2.49. The maximum atomic E-state index is 13.1. The summed E-state index contributed by atoms with van der Waals surface area (Å²) in [4.78, 5) is 12.7. The van der Waals surface area contributed by atoms with Crippen LogP contribution in [0.15, 0.2) is 47.4 Å². The third kappa shape index (κ3) is 5.65. The van der Waals surface area contributed by atoms with E-state index in [-0.39, 0.29) is 41.0 Å². The molecule has 2 heterocycles. The zero-order chi connectivity index (χ0) is 24.1. The SMILES string of the molecule is COc1ccc(C(=O)Nc2nnc(COc3ccc(Cl)cc3)s2)cc1S(=O)(=O)N1CCOCC1. The molecule has 1 aromatic heterocycles. The fraction of sp³-hybridized carbons (Fsp3) is 0.286. The Bertz CT molecular complexity index is 1260. The van der Waals surface area contributed by atoms with Crippen molar-refractivity contribution in [1.82, 2.24) is 14.5 Å². The number of nitrogens with zero attached hydrogens (tertiary/aromatic N) is 3. The molecule has 3 aromatic rings. The highest BCUT2D eigenvalue weighted by molar-refractivity contribution is 7.89. The van der Waals surface area contributed by atoms with Crippen molar-refractivity contribution in [1.29, 1.82) is 0 Å². The van der Waals surface area contributed by atoms with E-state index in [1.54, 1.807) is 24.3 Å². The molecule has 0 saturated carbocycles. The molecule has 0 spiro atoms. The Hall–Kier alpha value is -2.77. The number of hydrogen-bond acceptors (Lipinski definition) is 9. The molecule has 1 N–H and O–H groups in total. The number of nitrogens with one attached hydrogen (secondary N) is 1. The molecule has 0 atom stereocenters. The van der Waals surface area contributed by atoms with E-state index in [9.17, 15) is 13.2 Å². The van der Waals surface area contributed by atoms with Gasteiger partial charge in [0.25, 0.3) is 5.91 Å². The third-order valence-corrected chi connectivity index (χ3v) is 7.86. The Morgan fingerprint density at radius 1 is 1.18 bits per heavy atom. The second-order valence-electron chi connectivity index (χ2n) is 7.08. The Kier molecular flexibility index (Phi) is 7.63. The zero-order valence-corrected chi connectivity index (χ0v) is 20.5. The molecule has 2 aromatic carbocycles. The quantitative estimate of drug-likeness (QED) is 0.477. The lowest BCUT2D eigenvalue weighted by Crippen LogP contribution is -2.40. The molecule has 10 nitrogen and oxygen atoms in total. The summed E-state index contributed by atoms with van der Waals surface area (Å²) in [5, 5.41) is 12.0. The van der Waals surface area contributed by atoms with Crippen molar-refractivity contribution in [2.45, 2.75) is 11.5 Å². The van der Waals surface area contributed by atoms with Gasteiger partial charge in [-0.3, -0.25) is 10.1 Å². The highest BCUT2D eigenvalue weighted by Gasteiger charge is 2.30. The first-order valence-electron chi connectivity index (χ1n) is 10.1. The van der Waals surface area contributed by atoms with Gasteiger partial charge >= 0.3 is 0 Å². The first-order chi connectivity index (χ1) is 16.4. The van der Waals surface area contributed by atoms with Gasteiger partial charge in [0, 0.05) is 23.7 Å². The summed E-state index contributed by atoms with van der Waals surface area (Å²) in [6.45, 7) is 1.24. The summed E-state index contributed by atoms with van der Waals surface area (Å²) in [6, 6.07) is 11.1. The van der Waals surface area contributed by atoms with Gasteiger partial charge in [-0.25, -0.2) is 8.42 Å². The molecule has 13 heteroatoms. The van der Waals surface area contributed by atoms with E-state index in [0.29, 0.717) is 29.0 Å². The zero-order valence-electron chi connectivity index (χ0n) is 18.1. The minimum absolute atomic E-state index is 0.0844. The molecule has 1 saturated heterocycles. The lowest BCUT2D eigenvalue weighted by Gasteiger charge is -2.26. The van der Waals surface area contributed by atoms with E-state index >= 15 is 0 Å². The van der Waals surface area contributed by atoms with E-state index in [0.717, 1.165) is 11.3 Å². The summed E-state index contributed by atoms with van der Waals surface area (Å²) in [6.07, 6.45) is 0. The molecule has 0 aliphatic carbocycles. The van der Waals surface area contributed by atoms with Gasteiger partial charge in [-0.05, 0) is 42.5 Å². The number of rotatable bonds is 8. The number of carbonyl (C=O) groups excluding carboxylic acids is 1. The van der Waals surface area contributed by atoms with Crippen molar-refractivity contribution in [2.75, 3.05) is 38.7 Å². The van der Waals surface area contributed by atoms with Crippen molar-refractivity contribution < 1.29 is 27.4 Å². The fourth-order valence-corrected chi connectivity index (χ4v) is 5.52. The largest absolute Gasteiger partial charge is 0.495 e. The van der Waals surface area contributed by atoms with Gasteiger partial charge in [0.1, 0.15) is 23.0 Å². The van der Waals surface area contributed by atoms with Gasteiger partial charge in [-0.15, -0.1) is 10.2 Å². The van der Waals surface area contributed by atoms with Gasteiger partial charge in [-0.2, -0.15) is 4.31 Å². The second kappa shape index (κ2) is 10.7. The summed E-state index contributed by atoms with van der Waals surface area (Å²) in [5.41, 5.74) is 0.141. The summed E-state index contributed by atoms with van der Waals surface area (Å²) >= 11 is 7.01. The van der Waals surface area contributed by atoms with Crippen LogP contribution in [0, 0.1) is 0 Å². The van der Waals surface area contributed by atoms with E-state index in [2.05, 4.69) is 15.5 Å². The van der Waals surface area contributed by atoms with Gasteiger partial charge in [0.15, 0.2) is 5.01 Å². The number of sulfonamides is 1. The van der Waals surface area contributed by atoms with Crippen molar-refractivity contribution in [3.8, 4) is 11.5 Å². The number of aromatic nitrogens is 2. The van der Waals surface area contributed by atoms with Gasteiger partial charge in [0.05, 0.1) is 20.3 Å². The van der Waals surface area contributed by atoms with E-state index in [1.807, 2.05) is 0 Å². The molecular weight excluding hydrogens is 504 g/mol. The molecule has 1 aliphatic heterocycles. The molecule has 0 bridgehead atoms. The van der Waals surface area contributed by atoms with Crippen molar-refractivity contribution in [3.05, 3.63) is 58.1 Å². The van der Waals surface area contributed by atoms with Crippen LogP contribution in [0.25, 0.3) is 0 Å². The number of hydrogen-bond donors (Lipinski definition) is 1. The molecule has 0 radical (unpaired) electrons. The first kappa shape index (κ1) is 24.4. The van der Waals surface area contributed by atoms with Crippen LogP contribution in [0.1, 0.15) is 15.4 Å². The predicted molar refractivity (Wildman–Crippen MR) is 126 cm³/mol. The number of amides is 1. The highest BCUT2D eigenvalue weighted by atomic mass is 35.5. The predicted octanol–water partition coefficient (Wildman–Crippen LogP) is 3.05. The number of benzene rings is 2. The average Bonchev–Trinajstić information content (AvgIpc) is 3.31. The van der Waals surface area contributed by atoms with E-state index < -0.39 is 15.9 Å². The molecule has 1 fully saturated rings. The monoisotopic (exact) mass is 524 g/mol. The molecular formula is C21H21ClN4O6S2. The number of morpholine rings is 1. The maximum Gasteiger partial charge on any atom is 0.257 e.